The summed E-state index contributed by atoms with van der Waals surface area (Å²) in [5, 5.41) is 13.6. The lowest BCUT2D eigenvalue weighted by Crippen LogP contribution is -1.91. The SMILES string of the molecule is COc1ccc(-c2nn[nH]n2)c(OC)c1. The van der Waals surface area contributed by atoms with Crippen molar-refractivity contribution in [2.45, 2.75) is 0 Å². The number of H-pyrrole nitrogens is 1. The first-order valence-electron chi connectivity index (χ1n) is 4.31. The molecule has 2 aromatic rings. The van der Waals surface area contributed by atoms with Gasteiger partial charge in [-0.3, -0.25) is 0 Å². The van der Waals surface area contributed by atoms with Gasteiger partial charge >= 0.3 is 0 Å². The van der Waals surface area contributed by atoms with Crippen molar-refractivity contribution in [1.82, 2.24) is 20.6 Å². The molecule has 0 atom stereocenters. The molecule has 78 valence electrons. The van der Waals surface area contributed by atoms with E-state index in [0.717, 1.165) is 11.3 Å². The summed E-state index contributed by atoms with van der Waals surface area (Å²) in [6.07, 6.45) is 0. The van der Waals surface area contributed by atoms with Gasteiger partial charge in [0.15, 0.2) is 0 Å². The van der Waals surface area contributed by atoms with Crippen LogP contribution in [0.3, 0.4) is 0 Å². The molecular formula is C9H10N4O2. The standard InChI is InChI=1S/C9H10N4O2/c1-14-6-3-4-7(8(5-6)15-2)9-10-12-13-11-9/h3-5H,1-2H3,(H,10,11,12,13). The van der Waals surface area contributed by atoms with Crippen LogP contribution in [0.5, 0.6) is 11.5 Å². The van der Waals surface area contributed by atoms with Crippen LogP contribution < -0.4 is 9.47 Å². The molecule has 0 aliphatic rings. The highest BCUT2D eigenvalue weighted by Gasteiger charge is 2.10. The highest BCUT2D eigenvalue weighted by molar-refractivity contribution is 5.65. The molecule has 0 saturated heterocycles. The second-order valence-electron chi connectivity index (χ2n) is 2.80. The first-order chi connectivity index (χ1) is 7.35. The number of benzene rings is 1. The van der Waals surface area contributed by atoms with E-state index in [-0.39, 0.29) is 0 Å². The summed E-state index contributed by atoms with van der Waals surface area (Å²) in [5.41, 5.74) is 0.770. The van der Waals surface area contributed by atoms with E-state index in [1.165, 1.54) is 0 Å². The van der Waals surface area contributed by atoms with Crippen molar-refractivity contribution in [3.63, 3.8) is 0 Å². The topological polar surface area (TPSA) is 72.9 Å². The van der Waals surface area contributed by atoms with E-state index in [1.54, 1.807) is 20.3 Å². The fourth-order valence-electron chi connectivity index (χ4n) is 1.26. The molecule has 0 fully saturated rings. The fraction of sp³-hybridized carbons (Fsp3) is 0.222. The number of nitrogens with zero attached hydrogens (tertiary/aromatic N) is 3. The van der Waals surface area contributed by atoms with E-state index in [4.69, 9.17) is 9.47 Å². The molecule has 1 aromatic heterocycles. The van der Waals surface area contributed by atoms with E-state index in [1.807, 2.05) is 12.1 Å². The Morgan fingerprint density at radius 1 is 1.20 bits per heavy atom. The van der Waals surface area contributed by atoms with Crippen LogP contribution in [0.1, 0.15) is 0 Å². The van der Waals surface area contributed by atoms with Crippen molar-refractivity contribution >= 4 is 0 Å². The Morgan fingerprint density at radius 3 is 2.67 bits per heavy atom. The van der Waals surface area contributed by atoms with Gasteiger partial charge in [0, 0.05) is 6.07 Å². The molecule has 6 nitrogen and oxygen atoms in total. The molecule has 0 bridgehead atoms. The quantitative estimate of drug-likeness (QED) is 0.807. The van der Waals surface area contributed by atoms with Crippen LogP contribution in [-0.2, 0) is 0 Å². The Kier molecular flexibility index (Phi) is 2.49. The normalized spacial score (nSPS) is 10.0. The van der Waals surface area contributed by atoms with Crippen LogP contribution in [0.25, 0.3) is 11.4 Å². The average Bonchev–Trinajstić information content (AvgIpc) is 2.81. The van der Waals surface area contributed by atoms with Gasteiger partial charge in [-0.15, -0.1) is 10.2 Å². The predicted octanol–water partition coefficient (Wildman–Crippen LogP) is 0.884. The maximum Gasteiger partial charge on any atom is 0.208 e. The van der Waals surface area contributed by atoms with Crippen molar-refractivity contribution in [3.8, 4) is 22.9 Å². The zero-order valence-electron chi connectivity index (χ0n) is 8.39. The molecule has 1 aromatic carbocycles. The molecule has 0 unspecified atom stereocenters. The monoisotopic (exact) mass is 206 g/mol. The molecule has 2 rings (SSSR count). The number of tetrazole rings is 1. The molecule has 1 heterocycles. The van der Waals surface area contributed by atoms with Crippen LogP contribution >= 0.6 is 0 Å². The number of aromatic amines is 1. The number of aromatic nitrogens is 4. The lowest BCUT2D eigenvalue weighted by Gasteiger charge is -2.06. The molecule has 0 aliphatic heterocycles. The third-order valence-corrected chi connectivity index (χ3v) is 1.99. The van der Waals surface area contributed by atoms with Crippen LogP contribution in [0.15, 0.2) is 18.2 Å². The lowest BCUT2D eigenvalue weighted by atomic mass is 10.2. The summed E-state index contributed by atoms with van der Waals surface area (Å²) >= 11 is 0. The number of hydrogen-bond acceptors (Lipinski definition) is 5. The Bertz CT molecular complexity index is 441. The van der Waals surface area contributed by atoms with Gasteiger partial charge in [-0.25, -0.2) is 0 Å². The van der Waals surface area contributed by atoms with E-state index in [9.17, 15) is 0 Å². The minimum Gasteiger partial charge on any atom is -0.497 e. The van der Waals surface area contributed by atoms with Crippen LogP contribution in [-0.4, -0.2) is 34.8 Å². The average molecular weight is 206 g/mol. The number of rotatable bonds is 3. The summed E-state index contributed by atoms with van der Waals surface area (Å²) in [7, 11) is 3.18. The number of hydrogen-bond donors (Lipinski definition) is 1. The third-order valence-electron chi connectivity index (χ3n) is 1.99. The van der Waals surface area contributed by atoms with Gasteiger partial charge in [-0.05, 0) is 17.3 Å². The van der Waals surface area contributed by atoms with E-state index < -0.39 is 0 Å². The molecule has 0 amide bonds. The predicted molar refractivity (Wildman–Crippen MR) is 52.7 cm³/mol. The first-order valence-corrected chi connectivity index (χ1v) is 4.31. The van der Waals surface area contributed by atoms with Gasteiger partial charge in [0.25, 0.3) is 0 Å². The molecule has 0 spiro atoms. The summed E-state index contributed by atoms with van der Waals surface area (Å²) in [4.78, 5) is 0. The molecular weight excluding hydrogens is 196 g/mol. The Morgan fingerprint density at radius 2 is 2.07 bits per heavy atom. The van der Waals surface area contributed by atoms with Crippen molar-refractivity contribution in [2.75, 3.05) is 14.2 Å². The fourth-order valence-corrected chi connectivity index (χ4v) is 1.26. The minimum atomic E-state index is 0.495. The third kappa shape index (κ3) is 1.74. The number of nitrogens with one attached hydrogen (secondary N) is 1. The molecule has 0 aliphatic carbocycles. The summed E-state index contributed by atoms with van der Waals surface area (Å²) < 4.78 is 10.3. The molecule has 0 radical (unpaired) electrons. The minimum absolute atomic E-state index is 0.495. The smallest absolute Gasteiger partial charge is 0.208 e. The van der Waals surface area contributed by atoms with Gasteiger partial charge in [-0.2, -0.15) is 5.21 Å². The number of methoxy groups -OCH3 is 2. The molecule has 1 N–H and O–H groups in total. The Hall–Kier alpha value is -2.11. The van der Waals surface area contributed by atoms with E-state index in [0.29, 0.717) is 11.6 Å². The largest absolute Gasteiger partial charge is 0.497 e. The molecule has 6 heteroatoms. The number of ether oxygens (including phenoxy) is 2. The van der Waals surface area contributed by atoms with E-state index >= 15 is 0 Å². The van der Waals surface area contributed by atoms with Gasteiger partial charge in [0.1, 0.15) is 11.5 Å². The summed E-state index contributed by atoms with van der Waals surface area (Å²) in [6, 6.07) is 5.41. The second kappa shape index (κ2) is 3.95. The maximum atomic E-state index is 5.21. The van der Waals surface area contributed by atoms with Crippen molar-refractivity contribution in [3.05, 3.63) is 18.2 Å². The Labute approximate surface area is 86.2 Å². The van der Waals surface area contributed by atoms with Crippen LogP contribution in [0.4, 0.5) is 0 Å². The van der Waals surface area contributed by atoms with Gasteiger partial charge in [0.2, 0.25) is 5.82 Å². The second-order valence-corrected chi connectivity index (χ2v) is 2.80. The van der Waals surface area contributed by atoms with E-state index in [2.05, 4.69) is 20.6 Å². The van der Waals surface area contributed by atoms with Crippen LogP contribution in [0.2, 0.25) is 0 Å². The van der Waals surface area contributed by atoms with Crippen molar-refractivity contribution < 1.29 is 9.47 Å². The maximum absolute atomic E-state index is 5.21. The lowest BCUT2D eigenvalue weighted by molar-refractivity contribution is 0.395. The molecule has 15 heavy (non-hydrogen) atoms. The first kappa shape index (κ1) is 9.45. The zero-order chi connectivity index (χ0) is 10.7. The summed E-state index contributed by atoms with van der Waals surface area (Å²) in [6.45, 7) is 0. The molecule has 0 saturated carbocycles. The highest BCUT2D eigenvalue weighted by atomic mass is 16.5. The van der Waals surface area contributed by atoms with Gasteiger partial charge in [0.05, 0.1) is 19.8 Å². The zero-order valence-corrected chi connectivity index (χ0v) is 8.39. The van der Waals surface area contributed by atoms with Crippen molar-refractivity contribution in [2.24, 2.45) is 0 Å². The van der Waals surface area contributed by atoms with Crippen LogP contribution in [0, 0.1) is 0 Å². The van der Waals surface area contributed by atoms with Gasteiger partial charge in [-0.1, -0.05) is 0 Å². The Balaban J connectivity index is 2.48. The van der Waals surface area contributed by atoms with Gasteiger partial charge < -0.3 is 9.47 Å². The van der Waals surface area contributed by atoms with Crippen molar-refractivity contribution in [1.29, 1.82) is 0 Å². The highest BCUT2D eigenvalue weighted by Crippen LogP contribution is 2.30. The summed E-state index contributed by atoms with van der Waals surface area (Å²) in [5.74, 6) is 1.87.